The number of pyridine rings is 1. The lowest BCUT2D eigenvalue weighted by Crippen LogP contribution is -2.48. The van der Waals surface area contributed by atoms with Crippen LogP contribution in [0.2, 0.25) is 5.02 Å². The van der Waals surface area contributed by atoms with Gasteiger partial charge in [0.2, 0.25) is 0 Å². The Morgan fingerprint density at radius 2 is 2.09 bits per heavy atom. The van der Waals surface area contributed by atoms with Gasteiger partial charge in [-0.1, -0.05) is 16.8 Å². The first-order valence-electron chi connectivity index (χ1n) is 6.83. The molecular formula is C13H13ClF3N5O. The second-order valence-electron chi connectivity index (χ2n) is 5.39. The summed E-state index contributed by atoms with van der Waals surface area (Å²) < 4.78 is 39.4. The number of halogens is 4. The first-order valence-corrected chi connectivity index (χ1v) is 7.21. The van der Waals surface area contributed by atoms with E-state index in [1.807, 2.05) is 0 Å². The molecule has 0 aliphatic carbocycles. The van der Waals surface area contributed by atoms with Crippen LogP contribution in [0.5, 0.6) is 0 Å². The van der Waals surface area contributed by atoms with Crippen molar-refractivity contribution >= 4 is 17.4 Å². The first kappa shape index (κ1) is 16.0. The molecule has 0 amide bonds. The molecule has 3 rings (SSSR count). The minimum atomic E-state index is -4.47. The van der Waals surface area contributed by atoms with Gasteiger partial charge in [-0.15, -0.1) is 5.10 Å². The molecule has 1 N–H and O–H groups in total. The average molecular weight is 348 g/mol. The van der Waals surface area contributed by atoms with Crippen molar-refractivity contribution in [2.45, 2.75) is 25.2 Å². The molecule has 23 heavy (non-hydrogen) atoms. The molecule has 1 aliphatic rings. The highest BCUT2D eigenvalue weighted by atomic mass is 35.5. The zero-order chi connectivity index (χ0) is 16.8. The van der Waals surface area contributed by atoms with Gasteiger partial charge >= 0.3 is 6.18 Å². The second-order valence-corrected chi connectivity index (χ2v) is 5.79. The molecule has 10 heteroatoms. The summed E-state index contributed by atoms with van der Waals surface area (Å²) in [6.07, 6.45) is -2.75. The lowest BCUT2D eigenvalue weighted by Gasteiger charge is -2.40. The molecule has 0 bridgehead atoms. The van der Waals surface area contributed by atoms with Crippen molar-refractivity contribution in [3.63, 3.8) is 0 Å². The number of nitrogens with zero attached hydrogens (tertiary/aromatic N) is 5. The quantitative estimate of drug-likeness (QED) is 0.923. The fourth-order valence-electron chi connectivity index (χ4n) is 2.27. The standard InChI is InChI=1S/C13H13ClF3N5O/c1-7(23)11-6-22(20-19-11)9-4-21(5-9)12-10(14)2-8(3-18-12)13(15,16)17/h2-3,6-7,9,23H,4-5H2,1H3/t7-/m1/s1. The molecular weight excluding hydrogens is 335 g/mol. The SMILES string of the molecule is C[C@@H](O)c1cn(C2CN(c3ncc(C(F)(F)F)cc3Cl)C2)nn1. The van der Waals surface area contributed by atoms with Crippen LogP contribution in [0.1, 0.15) is 30.3 Å². The molecule has 1 fully saturated rings. The fraction of sp³-hybridized carbons (Fsp3) is 0.462. The van der Waals surface area contributed by atoms with Crippen molar-refractivity contribution in [1.29, 1.82) is 0 Å². The smallest absolute Gasteiger partial charge is 0.387 e. The lowest BCUT2D eigenvalue weighted by atomic mass is 10.1. The summed E-state index contributed by atoms with van der Waals surface area (Å²) in [7, 11) is 0. The summed E-state index contributed by atoms with van der Waals surface area (Å²) in [5, 5.41) is 17.2. The molecule has 1 atom stereocenters. The van der Waals surface area contributed by atoms with E-state index in [1.165, 1.54) is 0 Å². The van der Waals surface area contributed by atoms with E-state index >= 15 is 0 Å². The molecule has 0 saturated carbocycles. The van der Waals surface area contributed by atoms with Gasteiger partial charge in [-0.25, -0.2) is 9.67 Å². The minimum Gasteiger partial charge on any atom is -0.387 e. The van der Waals surface area contributed by atoms with E-state index < -0.39 is 17.8 Å². The molecule has 0 spiro atoms. The lowest BCUT2D eigenvalue weighted by molar-refractivity contribution is -0.137. The summed E-state index contributed by atoms with van der Waals surface area (Å²) in [5.41, 5.74) is -0.407. The molecule has 6 nitrogen and oxygen atoms in total. The van der Waals surface area contributed by atoms with Gasteiger partial charge in [-0.3, -0.25) is 0 Å². The molecule has 3 heterocycles. The van der Waals surface area contributed by atoms with Crippen LogP contribution in [-0.4, -0.2) is 38.2 Å². The van der Waals surface area contributed by atoms with Gasteiger partial charge in [-0.2, -0.15) is 13.2 Å². The van der Waals surface area contributed by atoms with Gasteiger partial charge in [0.15, 0.2) is 0 Å². The molecule has 1 saturated heterocycles. The Balaban J connectivity index is 1.69. The Morgan fingerprint density at radius 1 is 1.39 bits per heavy atom. The largest absolute Gasteiger partial charge is 0.417 e. The number of hydrogen-bond donors (Lipinski definition) is 1. The summed E-state index contributed by atoms with van der Waals surface area (Å²) >= 11 is 5.91. The van der Waals surface area contributed by atoms with E-state index in [2.05, 4.69) is 15.3 Å². The molecule has 0 unspecified atom stereocenters. The number of aliphatic hydroxyl groups is 1. The van der Waals surface area contributed by atoms with E-state index in [4.69, 9.17) is 11.6 Å². The van der Waals surface area contributed by atoms with Gasteiger partial charge in [-0.05, 0) is 13.0 Å². The van der Waals surface area contributed by atoms with E-state index in [-0.39, 0.29) is 11.1 Å². The third-order valence-electron chi connectivity index (χ3n) is 3.64. The van der Waals surface area contributed by atoms with Crippen molar-refractivity contribution in [3.05, 3.63) is 34.7 Å². The molecule has 124 valence electrons. The van der Waals surface area contributed by atoms with Crippen molar-refractivity contribution in [2.75, 3.05) is 18.0 Å². The topological polar surface area (TPSA) is 67.1 Å². The van der Waals surface area contributed by atoms with Gasteiger partial charge < -0.3 is 10.0 Å². The number of aromatic nitrogens is 4. The van der Waals surface area contributed by atoms with Gasteiger partial charge in [0, 0.05) is 19.3 Å². The molecule has 0 radical (unpaired) electrons. The second kappa shape index (κ2) is 5.64. The molecule has 2 aromatic heterocycles. The maximum Gasteiger partial charge on any atom is 0.417 e. The van der Waals surface area contributed by atoms with Crippen LogP contribution in [-0.2, 0) is 6.18 Å². The van der Waals surface area contributed by atoms with Crippen LogP contribution in [0, 0.1) is 0 Å². The Kier molecular flexibility index (Phi) is 3.93. The minimum absolute atomic E-state index is 0.00941. The highest BCUT2D eigenvalue weighted by Gasteiger charge is 2.35. The highest BCUT2D eigenvalue weighted by Crippen LogP contribution is 2.36. The normalized spacial score (nSPS) is 17.2. The highest BCUT2D eigenvalue weighted by molar-refractivity contribution is 6.33. The predicted molar refractivity (Wildman–Crippen MR) is 76.2 cm³/mol. The van der Waals surface area contributed by atoms with Crippen molar-refractivity contribution in [1.82, 2.24) is 20.0 Å². The van der Waals surface area contributed by atoms with Crippen molar-refractivity contribution < 1.29 is 18.3 Å². The summed E-state index contributed by atoms with van der Waals surface area (Å²) in [5.74, 6) is 0.312. The van der Waals surface area contributed by atoms with Crippen molar-refractivity contribution in [2.24, 2.45) is 0 Å². The average Bonchev–Trinajstić information content (AvgIpc) is 2.87. The maximum absolute atomic E-state index is 12.6. The van der Waals surface area contributed by atoms with Crippen LogP contribution in [0.3, 0.4) is 0 Å². The van der Waals surface area contributed by atoms with Crippen LogP contribution in [0.25, 0.3) is 0 Å². The number of alkyl halides is 3. The molecule has 1 aliphatic heterocycles. The third-order valence-corrected chi connectivity index (χ3v) is 3.92. The van der Waals surface area contributed by atoms with E-state index in [0.29, 0.717) is 24.6 Å². The third kappa shape index (κ3) is 3.11. The fourth-order valence-corrected chi connectivity index (χ4v) is 2.56. The van der Waals surface area contributed by atoms with Crippen LogP contribution < -0.4 is 4.90 Å². The summed E-state index contributed by atoms with van der Waals surface area (Å²) in [6.45, 7) is 2.59. The maximum atomic E-state index is 12.6. The zero-order valence-corrected chi connectivity index (χ0v) is 12.8. The Labute approximate surface area is 134 Å². The number of rotatable bonds is 3. The van der Waals surface area contributed by atoms with E-state index in [0.717, 1.165) is 12.3 Å². The zero-order valence-electron chi connectivity index (χ0n) is 12.0. The Morgan fingerprint density at radius 3 is 2.61 bits per heavy atom. The predicted octanol–water partition coefficient (Wildman–Crippen LogP) is 2.46. The summed E-state index contributed by atoms with van der Waals surface area (Å²) in [6, 6.07) is 0.883. The number of aliphatic hydroxyl groups excluding tert-OH is 1. The van der Waals surface area contributed by atoms with Crippen LogP contribution in [0.15, 0.2) is 18.5 Å². The molecule has 0 aromatic carbocycles. The van der Waals surface area contributed by atoms with Crippen LogP contribution in [0.4, 0.5) is 19.0 Å². The van der Waals surface area contributed by atoms with Gasteiger partial charge in [0.1, 0.15) is 11.5 Å². The monoisotopic (exact) mass is 347 g/mol. The van der Waals surface area contributed by atoms with E-state index in [9.17, 15) is 18.3 Å². The first-order chi connectivity index (χ1) is 10.8. The van der Waals surface area contributed by atoms with Gasteiger partial charge in [0.25, 0.3) is 0 Å². The van der Waals surface area contributed by atoms with E-state index in [1.54, 1.807) is 22.7 Å². The number of hydrogen-bond acceptors (Lipinski definition) is 5. The Hall–Kier alpha value is -1.87. The number of anilines is 1. The van der Waals surface area contributed by atoms with Gasteiger partial charge in [0.05, 0.1) is 28.9 Å². The molecule has 2 aromatic rings. The summed E-state index contributed by atoms with van der Waals surface area (Å²) in [4.78, 5) is 5.58. The Bertz CT molecular complexity index is 712. The van der Waals surface area contributed by atoms with Crippen molar-refractivity contribution in [3.8, 4) is 0 Å². The van der Waals surface area contributed by atoms with Crippen LogP contribution >= 0.6 is 11.6 Å².